The van der Waals surface area contributed by atoms with Gasteiger partial charge < -0.3 is 0 Å². The molecule has 0 unspecified atom stereocenters. The molecule has 0 aliphatic carbocycles. The molecule has 0 amide bonds. The molecule has 1 heterocycles. The molecule has 0 aliphatic rings. The van der Waals surface area contributed by atoms with Gasteiger partial charge in [0.05, 0.1) is 0 Å². The lowest BCUT2D eigenvalue weighted by molar-refractivity contribution is 0.748. The summed E-state index contributed by atoms with van der Waals surface area (Å²) in [5, 5.41) is 0. The predicted molar refractivity (Wildman–Crippen MR) is 91.0 cm³/mol. The second-order valence-electron chi connectivity index (χ2n) is 5.62. The number of rotatable bonds is 11. The third-order valence-corrected chi connectivity index (χ3v) is 6.47. The van der Waals surface area contributed by atoms with Crippen LogP contribution < -0.4 is 0 Å². The van der Waals surface area contributed by atoms with Crippen molar-refractivity contribution in [3.63, 3.8) is 0 Å². The van der Waals surface area contributed by atoms with Crippen molar-refractivity contribution >= 4 is 7.92 Å². The second-order valence-corrected chi connectivity index (χ2v) is 8.30. The third kappa shape index (κ3) is 7.94. The van der Waals surface area contributed by atoms with Gasteiger partial charge in [0.2, 0.25) is 0 Å². The van der Waals surface area contributed by atoms with E-state index < -0.39 is 0 Å². The van der Waals surface area contributed by atoms with E-state index in [4.69, 9.17) is 0 Å². The molecule has 3 heteroatoms. The van der Waals surface area contributed by atoms with E-state index >= 15 is 0 Å². The van der Waals surface area contributed by atoms with Crippen LogP contribution in [0, 0.1) is 6.92 Å². The van der Waals surface area contributed by atoms with Gasteiger partial charge in [-0.2, -0.15) is 0 Å². The first-order valence-electron chi connectivity index (χ1n) is 8.27. The highest BCUT2D eigenvalue weighted by molar-refractivity contribution is 7.57. The molecule has 114 valence electrons. The van der Waals surface area contributed by atoms with Gasteiger partial charge in [-0.15, -0.1) is 7.92 Å². The van der Waals surface area contributed by atoms with Crippen molar-refractivity contribution in [1.29, 1.82) is 0 Å². The molecule has 0 spiro atoms. The van der Waals surface area contributed by atoms with Crippen molar-refractivity contribution in [2.75, 3.05) is 18.5 Å². The molecule has 1 rings (SSSR count). The summed E-state index contributed by atoms with van der Waals surface area (Å²) in [7, 11) is 0.300. The molecule has 1 aromatic heterocycles. The van der Waals surface area contributed by atoms with Gasteiger partial charge in [-0.3, -0.25) is 0 Å². The maximum atomic E-state index is 4.48. The van der Waals surface area contributed by atoms with Crippen LogP contribution in [0.15, 0.2) is 12.3 Å². The highest BCUT2D eigenvalue weighted by atomic mass is 31.1. The van der Waals surface area contributed by atoms with E-state index in [0.717, 1.165) is 17.9 Å². The molecule has 0 radical (unpaired) electrons. The van der Waals surface area contributed by atoms with Crippen LogP contribution in [0.4, 0.5) is 0 Å². The number of hydrogen-bond acceptors (Lipinski definition) is 2. The van der Waals surface area contributed by atoms with E-state index in [0.29, 0.717) is 7.92 Å². The molecule has 0 saturated heterocycles. The fraction of sp³-hybridized carbons (Fsp3) is 0.765. The van der Waals surface area contributed by atoms with E-state index in [9.17, 15) is 0 Å². The van der Waals surface area contributed by atoms with Crippen molar-refractivity contribution in [3.8, 4) is 0 Å². The molecular formula is C17H31N2P. The average molecular weight is 294 g/mol. The number of unbranched alkanes of at least 4 members (excludes halogenated alkanes) is 3. The lowest BCUT2D eigenvalue weighted by Crippen LogP contribution is -1.99. The zero-order valence-corrected chi connectivity index (χ0v) is 14.5. The van der Waals surface area contributed by atoms with Crippen LogP contribution in [0.1, 0.15) is 63.9 Å². The maximum absolute atomic E-state index is 4.48. The standard InChI is InChI=1S/C17H31N2P/c1-4-6-13-20(14-7-5-2)15-9-8-10-17-18-12-11-16(3)19-17/h11-12H,4-10,13-15H2,1-3H3. The minimum absolute atomic E-state index is 0.300. The third-order valence-electron chi connectivity index (χ3n) is 3.63. The second kappa shape index (κ2) is 11.2. The van der Waals surface area contributed by atoms with Crippen molar-refractivity contribution in [2.24, 2.45) is 0 Å². The maximum Gasteiger partial charge on any atom is 0.128 e. The Morgan fingerprint density at radius 1 is 0.950 bits per heavy atom. The van der Waals surface area contributed by atoms with Crippen molar-refractivity contribution in [2.45, 2.75) is 65.7 Å². The van der Waals surface area contributed by atoms with E-state index in [1.807, 2.05) is 19.2 Å². The van der Waals surface area contributed by atoms with E-state index in [-0.39, 0.29) is 0 Å². The van der Waals surface area contributed by atoms with Crippen LogP contribution in [0.2, 0.25) is 0 Å². The molecule has 0 bridgehead atoms. The first-order valence-corrected chi connectivity index (χ1v) is 10.2. The molecule has 0 aliphatic heterocycles. The quantitative estimate of drug-likeness (QED) is 0.414. The zero-order valence-electron chi connectivity index (χ0n) is 13.6. The van der Waals surface area contributed by atoms with Crippen LogP contribution in [-0.4, -0.2) is 28.5 Å². The van der Waals surface area contributed by atoms with Gasteiger partial charge in [0.1, 0.15) is 5.82 Å². The molecular weight excluding hydrogens is 263 g/mol. The van der Waals surface area contributed by atoms with Crippen molar-refractivity contribution in [1.82, 2.24) is 9.97 Å². The Morgan fingerprint density at radius 3 is 2.20 bits per heavy atom. The Labute approximate surface area is 126 Å². The normalized spacial score (nSPS) is 11.2. The van der Waals surface area contributed by atoms with Crippen LogP contribution in [-0.2, 0) is 6.42 Å². The largest absolute Gasteiger partial charge is 0.241 e. The highest BCUT2D eigenvalue weighted by Gasteiger charge is 2.07. The molecule has 2 nitrogen and oxygen atoms in total. The van der Waals surface area contributed by atoms with Crippen LogP contribution in [0.25, 0.3) is 0 Å². The topological polar surface area (TPSA) is 25.8 Å². The average Bonchev–Trinajstić information content (AvgIpc) is 2.45. The van der Waals surface area contributed by atoms with Gasteiger partial charge in [-0.1, -0.05) is 26.7 Å². The van der Waals surface area contributed by atoms with Crippen molar-refractivity contribution in [3.05, 3.63) is 23.8 Å². The monoisotopic (exact) mass is 294 g/mol. The molecule has 0 atom stereocenters. The van der Waals surface area contributed by atoms with Gasteiger partial charge in [0.25, 0.3) is 0 Å². The first-order chi connectivity index (χ1) is 9.76. The Bertz CT molecular complexity index is 347. The summed E-state index contributed by atoms with van der Waals surface area (Å²) in [6, 6.07) is 1.97. The number of hydrogen-bond donors (Lipinski definition) is 0. The molecule has 0 aromatic carbocycles. The molecule has 20 heavy (non-hydrogen) atoms. The lowest BCUT2D eigenvalue weighted by atomic mass is 10.2. The number of nitrogens with zero attached hydrogens (tertiary/aromatic N) is 2. The van der Waals surface area contributed by atoms with Gasteiger partial charge in [-0.05, 0) is 57.2 Å². The fourth-order valence-corrected chi connectivity index (χ4v) is 5.21. The summed E-state index contributed by atoms with van der Waals surface area (Å²) in [6.45, 7) is 6.66. The summed E-state index contributed by atoms with van der Waals surface area (Å²) in [5.41, 5.74) is 1.09. The summed E-state index contributed by atoms with van der Waals surface area (Å²) in [4.78, 5) is 8.83. The predicted octanol–water partition coefficient (Wildman–Crippen LogP) is 5.19. The molecule has 0 N–H and O–H groups in total. The van der Waals surface area contributed by atoms with E-state index in [2.05, 4.69) is 23.8 Å². The first kappa shape index (κ1) is 17.6. The van der Waals surface area contributed by atoms with Crippen LogP contribution in [0.5, 0.6) is 0 Å². The summed E-state index contributed by atoms with van der Waals surface area (Å²) < 4.78 is 0. The Kier molecular flexibility index (Phi) is 9.83. The van der Waals surface area contributed by atoms with Gasteiger partial charge in [-0.25, -0.2) is 9.97 Å². The minimum Gasteiger partial charge on any atom is -0.241 e. The molecule has 1 aromatic rings. The number of aryl methyl sites for hydroxylation is 2. The zero-order chi connectivity index (χ0) is 14.6. The lowest BCUT2D eigenvalue weighted by Gasteiger charge is -2.17. The van der Waals surface area contributed by atoms with Crippen LogP contribution >= 0.6 is 7.92 Å². The summed E-state index contributed by atoms with van der Waals surface area (Å²) in [6.07, 6.45) is 15.5. The number of aromatic nitrogens is 2. The van der Waals surface area contributed by atoms with Gasteiger partial charge in [0, 0.05) is 18.3 Å². The van der Waals surface area contributed by atoms with Crippen molar-refractivity contribution < 1.29 is 0 Å². The van der Waals surface area contributed by atoms with Crippen LogP contribution in [0.3, 0.4) is 0 Å². The highest BCUT2D eigenvalue weighted by Crippen LogP contribution is 2.38. The van der Waals surface area contributed by atoms with E-state index in [1.165, 1.54) is 57.0 Å². The van der Waals surface area contributed by atoms with E-state index in [1.54, 1.807) is 0 Å². The summed E-state index contributed by atoms with van der Waals surface area (Å²) >= 11 is 0. The molecule has 0 saturated carbocycles. The minimum atomic E-state index is 0.300. The Balaban J connectivity index is 2.21. The van der Waals surface area contributed by atoms with Gasteiger partial charge >= 0.3 is 0 Å². The Hall–Kier alpha value is -0.490. The van der Waals surface area contributed by atoms with Gasteiger partial charge in [0.15, 0.2) is 0 Å². The Morgan fingerprint density at radius 2 is 1.60 bits per heavy atom. The SMILES string of the molecule is CCCCP(CCCC)CCCCc1nccc(C)n1. The molecule has 0 fully saturated rings. The fourth-order valence-electron chi connectivity index (χ4n) is 2.34. The smallest absolute Gasteiger partial charge is 0.128 e. The summed E-state index contributed by atoms with van der Waals surface area (Å²) in [5.74, 6) is 1.02.